The Labute approximate surface area is 151 Å². The Kier molecular flexibility index (Phi) is 6.60. The number of sulfone groups is 1. The van der Waals surface area contributed by atoms with Crippen LogP contribution in [0.15, 0.2) is 64.4 Å². The van der Waals surface area contributed by atoms with Crippen molar-refractivity contribution < 1.29 is 55.7 Å². The Bertz CT molecular complexity index is 815. The van der Waals surface area contributed by atoms with Crippen LogP contribution in [0.1, 0.15) is 0 Å². The van der Waals surface area contributed by atoms with E-state index < -0.39 is 25.9 Å². The third-order valence-electron chi connectivity index (χ3n) is 2.56. The molecule has 0 saturated heterocycles. The Balaban J connectivity index is 0.00000242. The van der Waals surface area contributed by atoms with Crippen LogP contribution in [-0.2, 0) is 20.0 Å². The summed E-state index contributed by atoms with van der Waals surface area (Å²) in [4.78, 5) is 0.201. The minimum absolute atomic E-state index is 0. The average molecular weight is 350 g/mol. The first-order valence-electron chi connectivity index (χ1n) is 5.76. The van der Waals surface area contributed by atoms with Gasteiger partial charge in [-0.1, -0.05) is 18.2 Å². The van der Waals surface area contributed by atoms with Gasteiger partial charge in [0.05, 0.1) is 9.79 Å². The molecular weight excluding hydrogens is 339 g/mol. The minimum atomic E-state index is -4.49. The van der Waals surface area contributed by atoms with E-state index in [0.29, 0.717) is 0 Å². The van der Waals surface area contributed by atoms with Gasteiger partial charge < -0.3 is 9.29 Å². The van der Waals surface area contributed by atoms with Gasteiger partial charge in [-0.2, -0.15) is 0 Å². The molecule has 0 atom stereocenters. The fraction of sp³-hybridized carbons (Fsp3) is 0.0769. The zero-order valence-electron chi connectivity index (χ0n) is 11.7. The van der Waals surface area contributed by atoms with Gasteiger partial charge >= 0.3 is 29.6 Å². The molecule has 0 aliphatic rings. The monoisotopic (exact) mass is 350 g/mol. The van der Waals surface area contributed by atoms with Gasteiger partial charge in [-0.15, -0.1) is 0 Å². The van der Waals surface area contributed by atoms with Crippen molar-refractivity contribution in [1.29, 1.82) is 0 Å². The molecule has 22 heavy (non-hydrogen) atoms. The predicted molar refractivity (Wildman–Crippen MR) is 73.5 cm³/mol. The molecule has 0 amide bonds. The van der Waals surface area contributed by atoms with Crippen LogP contribution in [0, 0.1) is 0 Å². The van der Waals surface area contributed by atoms with Crippen LogP contribution >= 0.6 is 0 Å². The van der Waals surface area contributed by atoms with Crippen molar-refractivity contribution in [2.24, 2.45) is 0 Å². The van der Waals surface area contributed by atoms with Crippen LogP contribution in [-0.4, -0.2) is 27.3 Å². The van der Waals surface area contributed by atoms with E-state index in [1.807, 2.05) is 0 Å². The molecule has 0 radical (unpaired) electrons. The average Bonchev–Trinajstić information content (AvgIpc) is 2.46. The van der Waals surface area contributed by atoms with Crippen molar-refractivity contribution in [3.8, 4) is 5.75 Å². The van der Waals surface area contributed by atoms with E-state index in [1.165, 1.54) is 36.4 Å². The second-order valence-electron chi connectivity index (χ2n) is 4.11. The van der Waals surface area contributed by atoms with Gasteiger partial charge in [0, 0.05) is 0 Å². The standard InChI is InChI=1S/C13H12O6S2.Na/c14-20(15,16)10-19-11-6-8-13(9-7-11)21(17,18)12-4-2-1-3-5-12;/h1-9H,10H2,(H,14,15,16);/q;+1/p-1. The van der Waals surface area contributed by atoms with E-state index in [9.17, 15) is 21.4 Å². The summed E-state index contributed by atoms with van der Waals surface area (Å²) < 4.78 is 60.6. The van der Waals surface area contributed by atoms with Gasteiger partial charge in [0.25, 0.3) is 0 Å². The first-order chi connectivity index (χ1) is 9.79. The Morgan fingerprint density at radius 1 is 0.818 bits per heavy atom. The van der Waals surface area contributed by atoms with Crippen molar-refractivity contribution in [1.82, 2.24) is 0 Å². The van der Waals surface area contributed by atoms with Crippen LogP contribution in [0.4, 0.5) is 0 Å². The van der Waals surface area contributed by atoms with Crippen LogP contribution in [0.25, 0.3) is 0 Å². The molecule has 112 valence electrons. The molecule has 2 aromatic rings. The quantitative estimate of drug-likeness (QED) is 0.476. The van der Waals surface area contributed by atoms with Gasteiger partial charge in [0.15, 0.2) is 5.94 Å². The summed E-state index contributed by atoms with van der Waals surface area (Å²) in [7, 11) is -8.13. The molecule has 0 spiro atoms. The first-order valence-corrected chi connectivity index (χ1v) is 8.82. The van der Waals surface area contributed by atoms with Crippen LogP contribution in [0.3, 0.4) is 0 Å². The molecule has 0 saturated carbocycles. The molecule has 6 nitrogen and oxygen atoms in total. The second kappa shape index (κ2) is 7.58. The maximum absolute atomic E-state index is 12.3. The largest absolute Gasteiger partial charge is 1.00 e. The summed E-state index contributed by atoms with van der Waals surface area (Å²) in [5.41, 5.74) is 0. The first kappa shape index (κ1) is 19.1. The van der Waals surface area contributed by atoms with Gasteiger partial charge in [0.2, 0.25) is 9.84 Å². The predicted octanol–water partition coefficient (Wildman–Crippen LogP) is -1.60. The summed E-state index contributed by atoms with van der Waals surface area (Å²) in [6, 6.07) is 13.0. The van der Waals surface area contributed by atoms with Crippen molar-refractivity contribution in [3.63, 3.8) is 0 Å². The third kappa shape index (κ3) is 5.08. The van der Waals surface area contributed by atoms with E-state index in [-0.39, 0.29) is 45.1 Å². The summed E-state index contributed by atoms with van der Waals surface area (Å²) in [6.45, 7) is 0. The number of hydrogen-bond acceptors (Lipinski definition) is 6. The van der Waals surface area contributed by atoms with E-state index in [2.05, 4.69) is 0 Å². The summed E-state index contributed by atoms with van der Waals surface area (Å²) >= 11 is 0. The van der Waals surface area contributed by atoms with Crippen molar-refractivity contribution in [2.75, 3.05) is 5.94 Å². The maximum atomic E-state index is 12.3. The number of rotatable bonds is 5. The van der Waals surface area contributed by atoms with Crippen molar-refractivity contribution >= 4 is 20.0 Å². The van der Waals surface area contributed by atoms with E-state index >= 15 is 0 Å². The van der Waals surface area contributed by atoms with Crippen LogP contribution in [0.5, 0.6) is 5.75 Å². The molecule has 0 bridgehead atoms. The van der Waals surface area contributed by atoms with Gasteiger partial charge in [-0.3, -0.25) is 0 Å². The maximum Gasteiger partial charge on any atom is 1.00 e. The molecule has 0 aliphatic carbocycles. The van der Waals surface area contributed by atoms with Crippen molar-refractivity contribution in [2.45, 2.75) is 9.79 Å². The topological polar surface area (TPSA) is 101 Å². The van der Waals surface area contributed by atoms with Crippen LogP contribution < -0.4 is 34.3 Å². The SMILES string of the molecule is O=S(=O)([O-])COc1ccc(S(=O)(=O)c2ccccc2)cc1.[Na+]. The van der Waals surface area contributed by atoms with E-state index in [0.717, 1.165) is 0 Å². The normalized spacial score (nSPS) is 11.5. The van der Waals surface area contributed by atoms with Crippen LogP contribution in [0.2, 0.25) is 0 Å². The molecule has 0 fully saturated rings. The van der Waals surface area contributed by atoms with Gasteiger partial charge in [-0.05, 0) is 36.4 Å². The Morgan fingerprint density at radius 3 is 1.82 bits per heavy atom. The molecule has 0 heterocycles. The number of hydrogen-bond donors (Lipinski definition) is 0. The fourth-order valence-corrected chi connectivity index (χ4v) is 3.15. The molecule has 2 aromatic carbocycles. The zero-order chi connectivity index (χ0) is 15.5. The third-order valence-corrected chi connectivity index (χ3v) is 4.75. The summed E-state index contributed by atoms with van der Waals surface area (Å²) in [6.07, 6.45) is 0. The molecular formula is C13H11NaO6S2. The Hall–Kier alpha value is -0.900. The smallest absolute Gasteiger partial charge is 0.745 e. The molecule has 0 N–H and O–H groups in total. The summed E-state index contributed by atoms with van der Waals surface area (Å²) in [5, 5.41) is 0. The second-order valence-corrected chi connectivity index (χ2v) is 7.41. The molecule has 9 heteroatoms. The molecule has 0 unspecified atom stereocenters. The van der Waals surface area contributed by atoms with Gasteiger partial charge in [-0.25, -0.2) is 16.8 Å². The molecule has 2 rings (SSSR count). The molecule has 0 aliphatic heterocycles. The van der Waals surface area contributed by atoms with Crippen molar-refractivity contribution in [3.05, 3.63) is 54.6 Å². The summed E-state index contributed by atoms with van der Waals surface area (Å²) in [5.74, 6) is -0.904. The van der Waals surface area contributed by atoms with E-state index in [4.69, 9.17) is 4.74 Å². The zero-order valence-corrected chi connectivity index (χ0v) is 15.3. The number of ether oxygens (including phenoxy) is 1. The van der Waals surface area contributed by atoms with Gasteiger partial charge in [0.1, 0.15) is 15.9 Å². The molecule has 0 aromatic heterocycles. The number of benzene rings is 2. The van der Waals surface area contributed by atoms with E-state index in [1.54, 1.807) is 18.2 Å². The minimum Gasteiger partial charge on any atom is -0.745 e. The Morgan fingerprint density at radius 2 is 1.32 bits per heavy atom. The fourth-order valence-electron chi connectivity index (χ4n) is 1.59.